The van der Waals surface area contributed by atoms with Gasteiger partial charge in [-0.05, 0) is 12.1 Å². The molecule has 0 fully saturated rings. The molecule has 0 aliphatic carbocycles. The van der Waals surface area contributed by atoms with Crippen LogP contribution in [0.15, 0.2) is 42.6 Å². The Labute approximate surface area is 148 Å². The summed E-state index contributed by atoms with van der Waals surface area (Å²) in [7, 11) is 4.61. The smallest absolute Gasteiger partial charge is 0.269 e. The van der Waals surface area contributed by atoms with Gasteiger partial charge in [-0.15, -0.1) is 5.10 Å². The summed E-state index contributed by atoms with van der Waals surface area (Å²) in [5.41, 5.74) is 1.97. The van der Waals surface area contributed by atoms with Crippen molar-refractivity contribution in [1.29, 1.82) is 0 Å². The molecule has 3 aromatic rings. The molecule has 0 saturated carbocycles. The van der Waals surface area contributed by atoms with E-state index in [1.807, 2.05) is 0 Å². The fourth-order valence-corrected chi connectivity index (χ4v) is 2.54. The quantitative estimate of drug-likeness (QED) is 0.494. The molecule has 9 nitrogen and oxygen atoms in total. The van der Waals surface area contributed by atoms with Gasteiger partial charge in [0.1, 0.15) is 11.4 Å². The summed E-state index contributed by atoms with van der Waals surface area (Å²) in [5, 5.41) is 18.9. The zero-order chi connectivity index (χ0) is 18.7. The Bertz CT molecular complexity index is 937. The first-order valence-electron chi connectivity index (χ1n) is 7.55. The predicted molar refractivity (Wildman–Crippen MR) is 93.1 cm³/mol. The van der Waals surface area contributed by atoms with Gasteiger partial charge in [0.2, 0.25) is 0 Å². The molecule has 0 aliphatic rings. The van der Waals surface area contributed by atoms with Crippen LogP contribution in [0, 0.1) is 10.1 Å². The Hall–Kier alpha value is -3.62. The van der Waals surface area contributed by atoms with Crippen LogP contribution in [0.3, 0.4) is 0 Å². The summed E-state index contributed by atoms with van der Waals surface area (Å²) < 4.78 is 17.6. The number of benzene rings is 2. The second-order valence-corrected chi connectivity index (χ2v) is 5.21. The number of nitro groups is 1. The van der Waals surface area contributed by atoms with Crippen molar-refractivity contribution in [3.63, 3.8) is 0 Å². The Morgan fingerprint density at radius 3 is 2.15 bits per heavy atom. The lowest BCUT2D eigenvalue weighted by atomic mass is 10.1. The van der Waals surface area contributed by atoms with Crippen molar-refractivity contribution >= 4 is 5.69 Å². The molecule has 0 aliphatic heterocycles. The number of non-ortho nitro benzene ring substituents is 1. The van der Waals surface area contributed by atoms with Crippen LogP contribution in [0.25, 0.3) is 16.9 Å². The van der Waals surface area contributed by atoms with E-state index in [9.17, 15) is 10.1 Å². The first-order chi connectivity index (χ1) is 12.6. The molecule has 0 bridgehead atoms. The molecule has 0 amide bonds. The normalized spacial score (nSPS) is 10.4. The molecule has 0 spiro atoms. The van der Waals surface area contributed by atoms with E-state index >= 15 is 0 Å². The van der Waals surface area contributed by atoms with Crippen LogP contribution < -0.4 is 14.2 Å². The molecule has 3 rings (SSSR count). The van der Waals surface area contributed by atoms with E-state index in [1.165, 1.54) is 33.5 Å². The maximum atomic E-state index is 10.8. The lowest BCUT2D eigenvalue weighted by molar-refractivity contribution is -0.384. The number of nitrogens with zero attached hydrogens (tertiary/aromatic N) is 4. The molecule has 0 radical (unpaired) electrons. The molecule has 0 saturated heterocycles. The van der Waals surface area contributed by atoms with E-state index in [0.29, 0.717) is 28.6 Å². The van der Waals surface area contributed by atoms with Gasteiger partial charge in [0.25, 0.3) is 5.69 Å². The van der Waals surface area contributed by atoms with E-state index in [1.54, 1.807) is 35.1 Å². The summed E-state index contributed by atoms with van der Waals surface area (Å²) in [6, 6.07) is 9.55. The van der Waals surface area contributed by atoms with Gasteiger partial charge >= 0.3 is 0 Å². The molecule has 2 aromatic carbocycles. The standard InChI is InChI=1S/C17H16N4O5/c1-24-15-9-17(26-3)16(25-2)8-13(15)20-14(10-18-19-20)11-4-6-12(7-5-11)21(22)23/h4-10H,1-3H3. The van der Waals surface area contributed by atoms with Crippen molar-refractivity contribution in [2.24, 2.45) is 0 Å². The van der Waals surface area contributed by atoms with Crippen LogP contribution in [0.4, 0.5) is 5.69 Å². The molecule has 26 heavy (non-hydrogen) atoms. The molecular weight excluding hydrogens is 340 g/mol. The van der Waals surface area contributed by atoms with Crippen molar-refractivity contribution in [2.45, 2.75) is 0 Å². The average Bonchev–Trinajstić information content (AvgIpc) is 3.16. The zero-order valence-corrected chi connectivity index (χ0v) is 14.4. The molecule has 0 unspecified atom stereocenters. The highest BCUT2D eigenvalue weighted by molar-refractivity contribution is 5.66. The van der Waals surface area contributed by atoms with E-state index in [0.717, 1.165) is 5.56 Å². The highest BCUT2D eigenvalue weighted by Gasteiger charge is 2.18. The zero-order valence-electron chi connectivity index (χ0n) is 14.4. The number of hydrogen-bond donors (Lipinski definition) is 0. The maximum Gasteiger partial charge on any atom is 0.269 e. The fraction of sp³-hybridized carbons (Fsp3) is 0.176. The van der Waals surface area contributed by atoms with Crippen LogP contribution in [0.2, 0.25) is 0 Å². The predicted octanol–water partition coefficient (Wildman–Crippen LogP) is 2.87. The SMILES string of the molecule is COc1cc(OC)c(-n2nncc2-c2ccc([N+](=O)[O-])cc2)cc1OC. The monoisotopic (exact) mass is 356 g/mol. The van der Waals surface area contributed by atoms with Crippen molar-refractivity contribution in [2.75, 3.05) is 21.3 Å². The highest BCUT2D eigenvalue weighted by atomic mass is 16.6. The number of methoxy groups -OCH3 is 3. The largest absolute Gasteiger partial charge is 0.494 e. The van der Waals surface area contributed by atoms with Crippen molar-refractivity contribution in [3.8, 4) is 34.2 Å². The molecule has 1 aromatic heterocycles. The summed E-state index contributed by atoms with van der Waals surface area (Å²) in [4.78, 5) is 10.4. The van der Waals surface area contributed by atoms with E-state index in [2.05, 4.69) is 10.3 Å². The third-order valence-corrected chi connectivity index (χ3v) is 3.84. The Morgan fingerprint density at radius 2 is 1.58 bits per heavy atom. The second kappa shape index (κ2) is 7.09. The van der Waals surface area contributed by atoms with Crippen LogP contribution in [0.1, 0.15) is 0 Å². The van der Waals surface area contributed by atoms with Gasteiger partial charge in [0, 0.05) is 29.8 Å². The highest BCUT2D eigenvalue weighted by Crippen LogP contribution is 2.37. The van der Waals surface area contributed by atoms with E-state index in [-0.39, 0.29) is 5.69 Å². The molecule has 9 heteroatoms. The van der Waals surface area contributed by atoms with Crippen LogP contribution in [-0.2, 0) is 0 Å². The van der Waals surface area contributed by atoms with Gasteiger partial charge in [-0.3, -0.25) is 10.1 Å². The minimum atomic E-state index is -0.448. The molecule has 1 heterocycles. The first kappa shape index (κ1) is 17.2. The number of nitro benzene ring substituents is 1. The van der Waals surface area contributed by atoms with Crippen LogP contribution in [-0.4, -0.2) is 41.2 Å². The van der Waals surface area contributed by atoms with Crippen LogP contribution >= 0.6 is 0 Å². The lowest BCUT2D eigenvalue weighted by Crippen LogP contribution is -2.04. The Balaban J connectivity index is 2.12. The van der Waals surface area contributed by atoms with Crippen molar-refractivity contribution < 1.29 is 19.1 Å². The maximum absolute atomic E-state index is 10.8. The third kappa shape index (κ3) is 3.02. The van der Waals surface area contributed by atoms with Gasteiger partial charge in [0.15, 0.2) is 11.5 Å². The molecule has 134 valence electrons. The lowest BCUT2D eigenvalue weighted by Gasteiger charge is -2.15. The molecule has 0 N–H and O–H groups in total. The number of ether oxygens (including phenoxy) is 3. The summed E-state index contributed by atoms with van der Waals surface area (Å²) >= 11 is 0. The number of aromatic nitrogens is 3. The van der Waals surface area contributed by atoms with Gasteiger partial charge in [-0.2, -0.15) is 0 Å². The van der Waals surface area contributed by atoms with Gasteiger partial charge in [-0.25, -0.2) is 4.68 Å². The fourth-order valence-electron chi connectivity index (χ4n) is 2.54. The van der Waals surface area contributed by atoms with Crippen molar-refractivity contribution in [3.05, 3.63) is 52.7 Å². The Kier molecular flexibility index (Phi) is 4.70. The number of hydrogen-bond acceptors (Lipinski definition) is 7. The molecular formula is C17H16N4O5. The molecule has 0 atom stereocenters. The summed E-state index contributed by atoms with van der Waals surface area (Å²) in [6.45, 7) is 0. The second-order valence-electron chi connectivity index (χ2n) is 5.21. The van der Waals surface area contributed by atoms with Gasteiger partial charge < -0.3 is 14.2 Å². The third-order valence-electron chi connectivity index (χ3n) is 3.84. The van der Waals surface area contributed by atoms with Gasteiger partial charge in [-0.1, -0.05) is 5.21 Å². The minimum Gasteiger partial charge on any atom is -0.494 e. The van der Waals surface area contributed by atoms with E-state index in [4.69, 9.17) is 14.2 Å². The van der Waals surface area contributed by atoms with Gasteiger partial charge in [0.05, 0.1) is 38.1 Å². The topological polar surface area (TPSA) is 102 Å². The summed E-state index contributed by atoms with van der Waals surface area (Å²) in [6.07, 6.45) is 1.57. The van der Waals surface area contributed by atoms with E-state index < -0.39 is 4.92 Å². The summed E-state index contributed by atoms with van der Waals surface area (Å²) in [5.74, 6) is 1.54. The van der Waals surface area contributed by atoms with Crippen LogP contribution in [0.5, 0.6) is 17.2 Å². The number of rotatable bonds is 6. The minimum absolute atomic E-state index is 0.0106. The first-order valence-corrected chi connectivity index (χ1v) is 7.55. The Morgan fingerprint density at radius 1 is 0.962 bits per heavy atom. The van der Waals surface area contributed by atoms with Crippen molar-refractivity contribution in [1.82, 2.24) is 15.0 Å². The average molecular weight is 356 g/mol.